The number of rotatable bonds is 6. The van der Waals surface area contributed by atoms with Gasteiger partial charge >= 0.3 is 0 Å². The van der Waals surface area contributed by atoms with E-state index in [0.717, 1.165) is 61.1 Å². The Kier molecular flexibility index (Phi) is 7.63. The molecule has 0 saturated heterocycles. The summed E-state index contributed by atoms with van der Waals surface area (Å²) in [6.45, 7) is 0. The van der Waals surface area contributed by atoms with E-state index in [1.54, 1.807) is 0 Å². The second-order valence-electron chi connectivity index (χ2n) is 13.0. The largest absolute Gasteiger partial charge is 0.246 e. The number of fused-ring (bicyclic) bond motifs is 5. The molecule has 10 rings (SSSR count). The third-order valence-electron chi connectivity index (χ3n) is 9.76. The Bertz CT molecular complexity index is 2800. The van der Waals surface area contributed by atoms with E-state index in [9.17, 15) is 0 Å². The molecule has 0 bridgehead atoms. The highest BCUT2D eigenvalue weighted by Crippen LogP contribution is 2.44. The zero-order chi connectivity index (χ0) is 35.1. The van der Waals surface area contributed by atoms with Gasteiger partial charge in [-0.2, -0.15) is 0 Å². The van der Waals surface area contributed by atoms with Gasteiger partial charge in [0.05, 0.1) is 11.2 Å². The van der Waals surface area contributed by atoms with E-state index in [-0.39, 0.29) is 0 Å². The molecule has 0 spiro atoms. The first kappa shape index (κ1) is 31.0. The van der Waals surface area contributed by atoms with E-state index in [4.69, 9.17) is 19.9 Å². The van der Waals surface area contributed by atoms with Crippen LogP contribution in [0.15, 0.2) is 182 Å². The molecule has 5 heteroatoms. The lowest BCUT2D eigenvalue weighted by atomic mass is 10.0. The van der Waals surface area contributed by atoms with Crippen LogP contribution >= 0.6 is 11.3 Å². The van der Waals surface area contributed by atoms with Crippen LogP contribution < -0.4 is 0 Å². The first-order chi connectivity index (χ1) is 26.3. The normalized spacial score (nSPS) is 11.4. The number of benzene rings is 7. The van der Waals surface area contributed by atoms with Crippen LogP contribution in [-0.2, 0) is 0 Å². The van der Waals surface area contributed by atoms with E-state index >= 15 is 0 Å². The third kappa shape index (κ3) is 5.64. The van der Waals surface area contributed by atoms with Crippen molar-refractivity contribution in [2.24, 2.45) is 0 Å². The van der Waals surface area contributed by atoms with Crippen molar-refractivity contribution < 1.29 is 0 Å². The zero-order valence-corrected chi connectivity index (χ0v) is 29.3. The second-order valence-corrected chi connectivity index (χ2v) is 14.1. The Balaban J connectivity index is 1.19. The first-order valence-electron chi connectivity index (χ1n) is 17.6. The van der Waals surface area contributed by atoms with Crippen LogP contribution in [0.3, 0.4) is 0 Å². The number of hydrogen-bond donors (Lipinski definition) is 0. The fourth-order valence-electron chi connectivity index (χ4n) is 7.11. The average molecular weight is 695 g/mol. The maximum atomic E-state index is 5.47. The lowest BCUT2D eigenvalue weighted by Gasteiger charge is -2.13. The van der Waals surface area contributed by atoms with Gasteiger partial charge in [0, 0.05) is 47.8 Å². The van der Waals surface area contributed by atoms with Crippen molar-refractivity contribution in [2.75, 3.05) is 0 Å². The molecule has 248 valence electrons. The SMILES string of the molecule is c1ccc(-c2ccc(-c3nc(-c4ccc(-c5ccccc5)cc4)nc(-c4cccc5c4nc(-c4ccccc4)c4c6ccccc6sc54)n3)cc2)cc1. The summed E-state index contributed by atoms with van der Waals surface area (Å²) in [6, 6.07) is 63.2. The summed E-state index contributed by atoms with van der Waals surface area (Å²) in [4.78, 5) is 20.9. The van der Waals surface area contributed by atoms with Crippen LogP contribution in [0.1, 0.15) is 0 Å². The Morgan fingerprint density at radius 2 is 0.774 bits per heavy atom. The van der Waals surface area contributed by atoms with Crippen LogP contribution in [-0.4, -0.2) is 19.9 Å². The highest BCUT2D eigenvalue weighted by atomic mass is 32.1. The molecule has 0 radical (unpaired) electrons. The first-order valence-corrected chi connectivity index (χ1v) is 18.5. The van der Waals surface area contributed by atoms with Gasteiger partial charge in [0.2, 0.25) is 0 Å². The van der Waals surface area contributed by atoms with Crippen molar-refractivity contribution in [1.82, 2.24) is 19.9 Å². The molecule has 3 heterocycles. The summed E-state index contributed by atoms with van der Waals surface area (Å²) >= 11 is 1.81. The second kappa shape index (κ2) is 13.1. The summed E-state index contributed by atoms with van der Waals surface area (Å²) < 4.78 is 2.45. The third-order valence-corrected chi connectivity index (χ3v) is 11.0. The van der Waals surface area contributed by atoms with Crippen molar-refractivity contribution in [3.8, 4) is 67.7 Å². The molecule has 0 aliphatic rings. The summed E-state index contributed by atoms with van der Waals surface area (Å²) in [5.41, 5.74) is 10.2. The van der Waals surface area contributed by atoms with Crippen LogP contribution in [0.2, 0.25) is 0 Å². The molecule has 10 aromatic rings. The minimum absolute atomic E-state index is 0.585. The van der Waals surface area contributed by atoms with E-state index in [1.165, 1.54) is 20.2 Å². The molecule has 0 unspecified atom stereocenters. The van der Waals surface area contributed by atoms with E-state index in [1.807, 2.05) is 29.5 Å². The minimum Gasteiger partial charge on any atom is -0.246 e. The lowest BCUT2D eigenvalue weighted by Crippen LogP contribution is -2.01. The van der Waals surface area contributed by atoms with E-state index < -0.39 is 0 Å². The standard InChI is InChI=1S/C48H30N4S/c1-4-13-31(14-5-1)33-23-27-36(28-24-33)46-50-47(37-29-25-34(26-30-37)32-15-6-2-7-16-32)52-48(51-46)40-21-12-20-39-44(40)49-43(35-17-8-3-9-18-35)42-38-19-10-11-22-41(38)53-45(39)42/h1-30H. The zero-order valence-electron chi connectivity index (χ0n) is 28.5. The predicted octanol–water partition coefficient (Wildman–Crippen LogP) is 12.8. The van der Waals surface area contributed by atoms with Gasteiger partial charge in [0.25, 0.3) is 0 Å². The summed E-state index contributed by atoms with van der Waals surface area (Å²) in [5.74, 6) is 1.81. The number of aromatic nitrogens is 4. The molecule has 0 amide bonds. The van der Waals surface area contributed by atoms with Crippen molar-refractivity contribution in [3.63, 3.8) is 0 Å². The summed E-state index contributed by atoms with van der Waals surface area (Å²) in [5, 5.41) is 3.48. The van der Waals surface area contributed by atoms with Gasteiger partial charge in [-0.25, -0.2) is 19.9 Å². The molecule has 0 aliphatic carbocycles. The molecule has 0 saturated carbocycles. The quantitative estimate of drug-likeness (QED) is 0.174. The maximum Gasteiger partial charge on any atom is 0.166 e. The van der Waals surface area contributed by atoms with Crippen LogP contribution in [0, 0.1) is 0 Å². The Morgan fingerprint density at radius 1 is 0.321 bits per heavy atom. The van der Waals surface area contributed by atoms with E-state index in [0.29, 0.717) is 17.5 Å². The smallest absolute Gasteiger partial charge is 0.166 e. The maximum absolute atomic E-state index is 5.47. The van der Waals surface area contributed by atoms with Gasteiger partial charge in [0.15, 0.2) is 17.5 Å². The topological polar surface area (TPSA) is 51.6 Å². The minimum atomic E-state index is 0.585. The van der Waals surface area contributed by atoms with Crippen LogP contribution in [0.5, 0.6) is 0 Å². The molecule has 3 aromatic heterocycles. The number of hydrogen-bond acceptors (Lipinski definition) is 5. The van der Waals surface area contributed by atoms with Crippen molar-refractivity contribution in [1.29, 1.82) is 0 Å². The number of para-hydroxylation sites is 1. The fourth-order valence-corrected chi connectivity index (χ4v) is 8.34. The molecule has 0 atom stereocenters. The molecule has 53 heavy (non-hydrogen) atoms. The highest BCUT2D eigenvalue weighted by molar-refractivity contribution is 7.26. The fraction of sp³-hybridized carbons (Fsp3) is 0. The monoisotopic (exact) mass is 694 g/mol. The van der Waals surface area contributed by atoms with Gasteiger partial charge in [-0.1, -0.05) is 170 Å². The van der Waals surface area contributed by atoms with Crippen molar-refractivity contribution in [3.05, 3.63) is 182 Å². The van der Waals surface area contributed by atoms with Gasteiger partial charge in [-0.15, -0.1) is 11.3 Å². The average Bonchev–Trinajstić information content (AvgIpc) is 3.64. The predicted molar refractivity (Wildman–Crippen MR) is 221 cm³/mol. The lowest BCUT2D eigenvalue weighted by molar-refractivity contribution is 1.08. The Hall–Kier alpha value is -6.82. The molecule has 0 aliphatic heterocycles. The van der Waals surface area contributed by atoms with E-state index in [2.05, 4.69) is 164 Å². The summed E-state index contributed by atoms with van der Waals surface area (Å²) in [6.07, 6.45) is 0. The van der Waals surface area contributed by atoms with Crippen molar-refractivity contribution in [2.45, 2.75) is 0 Å². The van der Waals surface area contributed by atoms with Crippen LogP contribution in [0.25, 0.3) is 98.7 Å². The Labute approximate surface area is 310 Å². The highest BCUT2D eigenvalue weighted by Gasteiger charge is 2.20. The molecule has 0 N–H and O–H groups in total. The molecular formula is C48H30N4S. The van der Waals surface area contributed by atoms with Crippen LogP contribution in [0.4, 0.5) is 0 Å². The number of pyridine rings is 1. The van der Waals surface area contributed by atoms with Gasteiger partial charge in [0.1, 0.15) is 0 Å². The molecule has 4 nitrogen and oxygen atoms in total. The van der Waals surface area contributed by atoms with Crippen molar-refractivity contribution >= 4 is 42.4 Å². The molecular weight excluding hydrogens is 665 g/mol. The molecule has 7 aromatic carbocycles. The number of thiophene rings is 1. The Morgan fingerprint density at radius 3 is 1.36 bits per heavy atom. The molecule has 0 fully saturated rings. The van der Waals surface area contributed by atoms with Gasteiger partial charge < -0.3 is 0 Å². The van der Waals surface area contributed by atoms with Gasteiger partial charge in [-0.05, 0) is 34.4 Å². The number of nitrogens with zero attached hydrogens (tertiary/aromatic N) is 4. The van der Waals surface area contributed by atoms with Gasteiger partial charge in [-0.3, -0.25) is 0 Å². The summed E-state index contributed by atoms with van der Waals surface area (Å²) in [7, 11) is 0.